The molecule has 0 N–H and O–H groups in total. The van der Waals surface area contributed by atoms with Gasteiger partial charge < -0.3 is 9.64 Å². The lowest BCUT2D eigenvalue weighted by Gasteiger charge is -2.13. The molecule has 0 saturated heterocycles. The second-order valence-electron chi connectivity index (χ2n) is 8.53. The lowest BCUT2D eigenvalue weighted by molar-refractivity contribution is 0.306. The first-order valence-electron chi connectivity index (χ1n) is 10.8. The third-order valence-electron chi connectivity index (χ3n) is 5.93. The number of fused-ring (bicyclic) bond motifs is 1. The molecule has 6 nitrogen and oxygen atoms in total. The van der Waals surface area contributed by atoms with E-state index >= 15 is 0 Å². The molecule has 0 bridgehead atoms. The Balaban J connectivity index is 1.66. The first kappa shape index (κ1) is 22.0. The van der Waals surface area contributed by atoms with E-state index in [4.69, 9.17) is 4.74 Å². The van der Waals surface area contributed by atoms with Crippen molar-refractivity contribution in [1.29, 1.82) is 0 Å². The fourth-order valence-corrected chi connectivity index (χ4v) is 4.24. The SMILES string of the molecule is Cc1nn(C)c(C)c1CCOc1c(F)cccc1-c1ccc2c(c1)c(CN(C)C)nn2C. The minimum atomic E-state index is -0.359. The van der Waals surface area contributed by atoms with Crippen LogP contribution in [0.1, 0.15) is 22.6 Å². The van der Waals surface area contributed by atoms with Crippen molar-refractivity contribution in [1.82, 2.24) is 24.5 Å². The molecular formula is C25H30FN5O. The number of ether oxygens (including phenoxy) is 1. The van der Waals surface area contributed by atoms with Crippen LogP contribution in [0.4, 0.5) is 4.39 Å². The van der Waals surface area contributed by atoms with Gasteiger partial charge in [-0.3, -0.25) is 9.36 Å². The predicted octanol–water partition coefficient (Wildman–Crippen LogP) is 4.41. The van der Waals surface area contributed by atoms with Gasteiger partial charge in [-0.2, -0.15) is 10.2 Å². The van der Waals surface area contributed by atoms with E-state index < -0.39 is 0 Å². The molecular weight excluding hydrogens is 405 g/mol. The summed E-state index contributed by atoms with van der Waals surface area (Å²) in [5.41, 5.74) is 6.94. The van der Waals surface area contributed by atoms with Crippen LogP contribution in [0, 0.1) is 19.7 Å². The summed E-state index contributed by atoms with van der Waals surface area (Å²) in [6.07, 6.45) is 0.675. The van der Waals surface area contributed by atoms with Crippen molar-refractivity contribution in [3.63, 3.8) is 0 Å². The number of hydrogen-bond acceptors (Lipinski definition) is 4. The third-order valence-corrected chi connectivity index (χ3v) is 5.93. The number of aryl methyl sites for hydroxylation is 3. The number of rotatable bonds is 7. The maximum absolute atomic E-state index is 14.8. The van der Waals surface area contributed by atoms with Gasteiger partial charge in [-0.05, 0) is 57.3 Å². The van der Waals surface area contributed by atoms with Gasteiger partial charge >= 0.3 is 0 Å². The van der Waals surface area contributed by atoms with Crippen molar-refractivity contribution < 1.29 is 9.13 Å². The second-order valence-corrected chi connectivity index (χ2v) is 8.53. The van der Waals surface area contributed by atoms with E-state index in [1.807, 2.05) is 69.6 Å². The molecule has 0 saturated carbocycles. The van der Waals surface area contributed by atoms with Crippen molar-refractivity contribution in [3.8, 4) is 16.9 Å². The van der Waals surface area contributed by atoms with Gasteiger partial charge in [0, 0.05) is 43.7 Å². The second kappa shape index (κ2) is 8.74. The van der Waals surface area contributed by atoms with E-state index in [1.54, 1.807) is 6.07 Å². The molecule has 0 aliphatic heterocycles. The highest BCUT2D eigenvalue weighted by molar-refractivity contribution is 5.88. The van der Waals surface area contributed by atoms with Gasteiger partial charge in [0.2, 0.25) is 0 Å². The Morgan fingerprint density at radius 2 is 1.81 bits per heavy atom. The maximum atomic E-state index is 14.8. The number of halogens is 1. The highest BCUT2D eigenvalue weighted by Gasteiger charge is 2.16. The minimum absolute atomic E-state index is 0.282. The Labute approximate surface area is 188 Å². The average Bonchev–Trinajstić information content (AvgIpc) is 3.17. The van der Waals surface area contributed by atoms with Crippen molar-refractivity contribution in [3.05, 3.63) is 64.9 Å². The molecule has 168 valence electrons. The van der Waals surface area contributed by atoms with Crippen LogP contribution in [-0.4, -0.2) is 45.2 Å². The summed E-state index contributed by atoms with van der Waals surface area (Å²) in [6, 6.07) is 11.2. The first-order valence-corrected chi connectivity index (χ1v) is 10.8. The Kier molecular flexibility index (Phi) is 6.02. The van der Waals surface area contributed by atoms with E-state index in [9.17, 15) is 4.39 Å². The van der Waals surface area contributed by atoms with Crippen molar-refractivity contribution in [2.75, 3.05) is 20.7 Å². The highest BCUT2D eigenvalue weighted by atomic mass is 19.1. The molecule has 2 heterocycles. The Bertz CT molecular complexity index is 1270. The van der Waals surface area contributed by atoms with Crippen LogP contribution < -0.4 is 4.74 Å². The molecule has 7 heteroatoms. The molecule has 4 aromatic rings. The molecule has 4 rings (SSSR count). The third kappa shape index (κ3) is 4.12. The molecule has 0 aliphatic rings. The van der Waals surface area contributed by atoms with Crippen LogP contribution in [0.25, 0.3) is 22.0 Å². The molecule has 32 heavy (non-hydrogen) atoms. The minimum Gasteiger partial charge on any atom is -0.490 e. The average molecular weight is 436 g/mol. The van der Waals surface area contributed by atoms with Crippen LogP contribution in [0.15, 0.2) is 36.4 Å². The number of nitrogens with zero attached hydrogens (tertiary/aromatic N) is 5. The molecule has 0 radical (unpaired) electrons. The fourth-order valence-electron chi connectivity index (χ4n) is 4.24. The van der Waals surface area contributed by atoms with Gasteiger partial charge in [-0.1, -0.05) is 18.2 Å². The molecule has 0 aliphatic carbocycles. The van der Waals surface area contributed by atoms with E-state index in [1.165, 1.54) is 6.07 Å². The lowest BCUT2D eigenvalue weighted by Crippen LogP contribution is -2.11. The zero-order valence-corrected chi connectivity index (χ0v) is 19.6. The van der Waals surface area contributed by atoms with Gasteiger partial charge in [-0.25, -0.2) is 4.39 Å². The summed E-state index contributed by atoms with van der Waals surface area (Å²) in [6.45, 7) is 5.14. The predicted molar refractivity (Wildman–Crippen MR) is 125 cm³/mol. The summed E-state index contributed by atoms with van der Waals surface area (Å²) in [7, 11) is 7.92. The zero-order valence-electron chi connectivity index (χ0n) is 19.6. The quantitative estimate of drug-likeness (QED) is 0.431. The van der Waals surface area contributed by atoms with Gasteiger partial charge in [0.15, 0.2) is 11.6 Å². The van der Waals surface area contributed by atoms with Gasteiger partial charge in [0.1, 0.15) is 0 Å². The molecule has 0 amide bonds. The lowest BCUT2D eigenvalue weighted by atomic mass is 10.0. The summed E-state index contributed by atoms with van der Waals surface area (Å²) in [5.74, 6) is -0.0778. The van der Waals surface area contributed by atoms with Gasteiger partial charge in [0.05, 0.1) is 23.5 Å². The van der Waals surface area contributed by atoms with E-state index in [0.29, 0.717) is 13.0 Å². The van der Waals surface area contributed by atoms with Crippen LogP contribution in [0.3, 0.4) is 0 Å². The Hall–Kier alpha value is -3.19. The summed E-state index contributed by atoms with van der Waals surface area (Å²) < 4.78 is 24.6. The maximum Gasteiger partial charge on any atom is 0.165 e. The highest BCUT2D eigenvalue weighted by Crippen LogP contribution is 2.35. The van der Waals surface area contributed by atoms with Crippen LogP contribution in [0.2, 0.25) is 0 Å². The summed E-state index contributed by atoms with van der Waals surface area (Å²) in [4.78, 5) is 2.09. The van der Waals surface area contributed by atoms with Crippen LogP contribution in [-0.2, 0) is 27.1 Å². The van der Waals surface area contributed by atoms with Crippen LogP contribution >= 0.6 is 0 Å². The van der Waals surface area contributed by atoms with Gasteiger partial charge in [0.25, 0.3) is 0 Å². The number of aromatic nitrogens is 4. The Morgan fingerprint density at radius 3 is 2.50 bits per heavy atom. The summed E-state index contributed by atoms with van der Waals surface area (Å²) in [5, 5.41) is 10.2. The number of hydrogen-bond donors (Lipinski definition) is 0. The molecule has 0 unspecified atom stereocenters. The standard InChI is InChI=1S/C25H30FN5O/c1-16-19(17(2)30(5)27-16)12-13-32-25-20(8-7-9-22(25)26)18-10-11-24-21(14-18)23(15-29(3)4)28-31(24)6/h7-11,14H,12-13,15H2,1-6H3. The smallest absolute Gasteiger partial charge is 0.165 e. The van der Waals surface area contributed by atoms with Crippen LogP contribution in [0.5, 0.6) is 5.75 Å². The fraction of sp³-hybridized carbons (Fsp3) is 0.360. The van der Waals surface area contributed by atoms with E-state index in [2.05, 4.69) is 21.2 Å². The zero-order chi connectivity index (χ0) is 23.0. The normalized spacial score (nSPS) is 11.6. The number of benzene rings is 2. The number of para-hydroxylation sites is 1. The van der Waals surface area contributed by atoms with E-state index in [-0.39, 0.29) is 11.6 Å². The van der Waals surface area contributed by atoms with Crippen molar-refractivity contribution in [2.45, 2.75) is 26.8 Å². The molecule has 0 fully saturated rings. The topological polar surface area (TPSA) is 48.1 Å². The molecule has 2 aromatic carbocycles. The first-order chi connectivity index (χ1) is 15.3. The monoisotopic (exact) mass is 435 g/mol. The summed E-state index contributed by atoms with van der Waals surface area (Å²) >= 11 is 0. The Morgan fingerprint density at radius 1 is 1.03 bits per heavy atom. The van der Waals surface area contributed by atoms with Crippen molar-refractivity contribution >= 4 is 10.9 Å². The van der Waals surface area contributed by atoms with Gasteiger partial charge in [-0.15, -0.1) is 0 Å². The van der Waals surface area contributed by atoms with E-state index in [0.717, 1.165) is 51.2 Å². The molecule has 0 spiro atoms. The molecule has 2 aromatic heterocycles. The largest absolute Gasteiger partial charge is 0.490 e. The van der Waals surface area contributed by atoms with Crippen molar-refractivity contribution in [2.24, 2.45) is 14.1 Å². The molecule has 0 atom stereocenters.